The summed E-state index contributed by atoms with van der Waals surface area (Å²) in [4.78, 5) is 11.9. The molecule has 0 aromatic heterocycles. The Kier molecular flexibility index (Phi) is 6.45. The average molecular weight is 298 g/mol. The monoisotopic (exact) mass is 298 g/mol. The Labute approximate surface area is 128 Å². The first-order chi connectivity index (χ1) is 10.1. The molecule has 1 unspecified atom stereocenters. The molecule has 1 amide bonds. The fourth-order valence-corrected chi connectivity index (χ4v) is 3.14. The molecule has 1 saturated heterocycles. The fraction of sp³-hybridized carbons (Fsp3) is 0.938. The van der Waals surface area contributed by atoms with E-state index in [0.717, 1.165) is 25.9 Å². The van der Waals surface area contributed by atoms with Gasteiger partial charge in [0.1, 0.15) is 6.61 Å². The van der Waals surface area contributed by atoms with Gasteiger partial charge in [0.2, 0.25) is 5.91 Å². The summed E-state index contributed by atoms with van der Waals surface area (Å²) in [6.07, 6.45) is 7.28. The van der Waals surface area contributed by atoms with Gasteiger partial charge < -0.3 is 20.1 Å². The van der Waals surface area contributed by atoms with Crippen LogP contribution < -0.4 is 10.6 Å². The summed E-state index contributed by atoms with van der Waals surface area (Å²) >= 11 is 0. The number of carbonyl (C=O) groups is 1. The van der Waals surface area contributed by atoms with Crippen molar-refractivity contribution in [2.75, 3.05) is 26.3 Å². The van der Waals surface area contributed by atoms with Gasteiger partial charge in [0, 0.05) is 19.1 Å². The van der Waals surface area contributed by atoms with Gasteiger partial charge >= 0.3 is 0 Å². The molecule has 1 aliphatic heterocycles. The molecule has 0 aromatic carbocycles. The van der Waals surface area contributed by atoms with Gasteiger partial charge in [0.25, 0.3) is 0 Å². The minimum Gasteiger partial charge on any atom is -0.369 e. The molecule has 0 spiro atoms. The van der Waals surface area contributed by atoms with Crippen molar-refractivity contribution in [3.63, 3.8) is 0 Å². The smallest absolute Gasteiger partial charge is 0.246 e. The van der Waals surface area contributed by atoms with Gasteiger partial charge in [0.05, 0.1) is 18.3 Å². The summed E-state index contributed by atoms with van der Waals surface area (Å²) < 4.78 is 11.4. The second kappa shape index (κ2) is 8.11. The van der Waals surface area contributed by atoms with E-state index in [-0.39, 0.29) is 24.2 Å². The predicted molar refractivity (Wildman–Crippen MR) is 82.3 cm³/mol. The quantitative estimate of drug-likeness (QED) is 0.757. The highest BCUT2D eigenvalue weighted by Gasteiger charge is 2.28. The minimum absolute atomic E-state index is 0.00456. The van der Waals surface area contributed by atoms with Crippen molar-refractivity contribution < 1.29 is 14.3 Å². The van der Waals surface area contributed by atoms with Crippen LogP contribution in [0, 0.1) is 0 Å². The van der Waals surface area contributed by atoms with Gasteiger partial charge in [-0.1, -0.05) is 25.7 Å². The van der Waals surface area contributed by atoms with E-state index in [1.54, 1.807) is 0 Å². The first kappa shape index (κ1) is 16.7. The fourth-order valence-electron chi connectivity index (χ4n) is 3.14. The van der Waals surface area contributed by atoms with Crippen LogP contribution in [0.2, 0.25) is 0 Å². The molecule has 0 radical (unpaired) electrons. The lowest BCUT2D eigenvalue weighted by Gasteiger charge is -2.36. The Balaban J connectivity index is 1.60. The lowest BCUT2D eigenvalue weighted by atomic mass is 10.1. The van der Waals surface area contributed by atoms with Crippen molar-refractivity contribution in [3.05, 3.63) is 0 Å². The van der Waals surface area contributed by atoms with Gasteiger partial charge in [-0.05, 0) is 26.7 Å². The van der Waals surface area contributed by atoms with E-state index in [0.29, 0.717) is 12.6 Å². The van der Waals surface area contributed by atoms with Crippen LogP contribution in [0.5, 0.6) is 0 Å². The van der Waals surface area contributed by atoms with Crippen LogP contribution in [0.25, 0.3) is 0 Å². The zero-order valence-electron chi connectivity index (χ0n) is 13.5. The minimum atomic E-state index is -0.158. The van der Waals surface area contributed by atoms with E-state index in [1.165, 1.54) is 25.7 Å². The van der Waals surface area contributed by atoms with Crippen LogP contribution in [-0.2, 0) is 14.3 Å². The van der Waals surface area contributed by atoms with Crippen LogP contribution in [0.4, 0.5) is 0 Å². The maximum absolute atomic E-state index is 11.9. The van der Waals surface area contributed by atoms with Crippen LogP contribution >= 0.6 is 0 Å². The maximum Gasteiger partial charge on any atom is 0.246 e. The molecule has 5 nitrogen and oxygen atoms in total. The van der Waals surface area contributed by atoms with E-state index in [4.69, 9.17) is 9.47 Å². The van der Waals surface area contributed by atoms with E-state index in [1.807, 2.05) is 0 Å². The van der Waals surface area contributed by atoms with Gasteiger partial charge in [-0.2, -0.15) is 0 Å². The lowest BCUT2D eigenvalue weighted by Crippen LogP contribution is -2.52. The summed E-state index contributed by atoms with van der Waals surface area (Å²) in [6, 6.07) is 0.343. The third-order valence-electron chi connectivity index (χ3n) is 4.17. The largest absolute Gasteiger partial charge is 0.369 e. The first-order valence-electron chi connectivity index (χ1n) is 8.31. The molecule has 1 saturated carbocycles. The zero-order chi connectivity index (χ0) is 15.1. The summed E-state index contributed by atoms with van der Waals surface area (Å²) in [5.41, 5.74) is -0.158. The van der Waals surface area contributed by atoms with Crippen LogP contribution in [-0.4, -0.2) is 50.0 Å². The van der Waals surface area contributed by atoms with Crippen LogP contribution in [0.3, 0.4) is 0 Å². The summed E-state index contributed by atoms with van der Waals surface area (Å²) in [5.74, 6) is 0.00456. The van der Waals surface area contributed by atoms with E-state index < -0.39 is 0 Å². The van der Waals surface area contributed by atoms with E-state index in [2.05, 4.69) is 24.5 Å². The van der Waals surface area contributed by atoms with Crippen molar-refractivity contribution >= 4 is 5.91 Å². The number of hydrogen-bond donors (Lipinski definition) is 2. The van der Waals surface area contributed by atoms with Crippen LogP contribution in [0.1, 0.15) is 52.4 Å². The molecule has 1 atom stereocenters. The number of ether oxygens (including phenoxy) is 2. The van der Waals surface area contributed by atoms with Crippen molar-refractivity contribution in [2.45, 2.75) is 70.1 Å². The molecule has 2 fully saturated rings. The summed E-state index contributed by atoms with van der Waals surface area (Å²) in [5, 5.41) is 6.42. The number of amides is 1. The first-order valence-corrected chi connectivity index (χ1v) is 8.31. The molecule has 2 aliphatic rings. The molecule has 1 heterocycles. The Morgan fingerprint density at radius 2 is 2.00 bits per heavy atom. The molecular formula is C16H30N2O3. The average Bonchev–Trinajstić information content (AvgIpc) is 2.66. The highest BCUT2D eigenvalue weighted by atomic mass is 16.5. The number of nitrogens with one attached hydrogen (secondary N) is 2. The SMILES string of the molecule is CC1(C)CNCC(COCC(=O)NC2CCCCCC2)O1. The third kappa shape index (κ3) is 6.32. The Morgan fingerprint density at radius 1 is 1.29 bits per heavy atom. The normalized spacial score (nSPS) is 27.0. The maximum atomic E-state index is 11.9. The van der Waals surface area contributed by atoms with E-state index >= 15 is 0 Å². The predicted octanol–water partition coefficient (Wildman–Crippen LogP) is 1.61. The molecule has 2 N–H and O–H groups in total. The van der Waals surface area contributed by atoms with Crippen molar-refractivity contribution in [2.24, 2.45) is 0 Å². The lowest BCUT2D eigenvalue weighted by molar-refractivity contribution is -0.136. The molecule has 5 heteroatoms. The standard InChI is InChI=1S/C16H30N2O3/c1-16(2)12-17-9-14(21-16)10-20-11-15(19)18-13-7-5-3-4-6-8-13/h13-14,17H,3-12H2,1-2H3,(H,18,19). The topological polar surface area (TPSA) is 59.6 Å². The van der Waals surface area contributed by atoms with E-state index in [9.17, 15) is 4.79 Å². The number of rotatable bonds is 5. The molecule has 21 heavy (non-hydrogen) atoms. The Bertz CT molecular complexity index is 325. The van der Waals surface area contributed by atoms with Gasteiger partial charge in [-0.15, -0.1) is 0 Å². The van der Waals surface area contributed by atoms with Crippen LogP contribution in [0.15, 0.2) is 0 Å². The molecule has 1 aliphatic carbocycles. The van der Waals surface area contributed by atoms with Gasteiger partial charge in [-0.25, -0.2) is 0 Å². The summed E-state index contributed by atoms with van der Waals surface area (Å²) in [7, 11) is 0. The highest BCUT2D eigenvalue weighted by Crippen LogP contribution is 2.17. The van der Waals surface area contributed by atoms with Crippen molar-refractivity contribution in [1.29, 1.82) is 0 Å². The van der Waals surface area contributed by atoms with Gasteiger partial charge in [-0.3, -0.25) is 4.79 Å². The van der Waals surface area contributed by atoms with Crippen molar-refractivity contribution in [3.8, 4) is 0 Å². The molecular weight excluding hydrogens is 268 g/mol. The third-order valence-corrected chi connectivity index (χ3v) is 4.17. The zero-order valence-corrected chi connectivity index (χ0v) is 13.5. The highest BCUT2D eigenvalue weighted by molar-refractivity contribution is 5.77. The van der Waals surface area contributed by atoms with Gasteiger partial charge in [0.15, 0.2) is 0 Å². The van der Waals surface area contributed by atoms with Crippen molar-refractivity contribution in [1.82, 2.24) is 10.6 Å². The summed E-state index contributed by atoms with van der Waals surface area (Å²) in [6.45, 7) is 6.36. The second-order valence-electron chi connectivity index (χ2n) is 6.90. The molecule has 2 rings (SSSR count). The Hall–Kier alpha value is -0.650. The Morgan fingerprint density at radius 3 is 2.67 bits per heavy atom. The molecule has 0 aromatic rings. The second-order valence-corrected chi connectivity index (χ2v) is 6.90. The molecule has 122 valence electrons. The number of morpholine rings is 1. The number of hydrogen-bond acceptors (Lipinski definition) is 4. The number of carbonyl (C=O) groups excluding carboxylic acids is 1. The molecule has 0 bridgehead atoms.